The van der Waals surface area contributed by atoms with E-state index in [0.29, 0.717) is 30.2 Å². The second-order valence-electron chi connectivity index (χ2n) is 9.02. The zero-order chi connectivity index (χ0) is 20.6. The molecule has 0 N–H and O–H groups in total. The molecule has 0 radical (unpaired) electrons. The fraction of sp³-hybridized carbons (Fsp3) is 0.542. The Morgan fingerprint density at radius 3 is 2.77 bits per heavy atom. The van der Waals surface area contributed by atoms with E-state index in [-0.39, 0.29) is 5.43 Å². The Balaban J connectivity index is 1.19. The Morgan fingerprint density at radius 2 is 2.03 bits per heavy atom. The van der Waals surface area contributed by atoms with E-state index in [4.69, 9.17) is 9.15 Å². The van der Waals surface area contributed by atoms with Crippen molar-refractivity contribution in [3.05, 3.63) is 63.7 Å². The SMILES string of the molecule is CSN1CCC(COc2coc(CN3Cc4ccccc4C4(CC4)C3)cc2=O)CC1. The number of hydrogen-bond acceptors (Lipinski definition) is 6. The molecule has 6 heteroatoms. The summed E-state index contributed by atoms with van der Waals surface area (Å²) in [6.45, 7) is 5.39. The zero-order valence-corrected chi connectivity index (χ0v) is 18.5. The van der Waals surface area contributed by atoms with Crippen molar-refractivity contribution < 1.29 is 9.15 Å². The lowest BCUT2D eigenvalue weighted by atomic mass is 9.87. The van der Waals surface area contributed by atoms with Crippen LogP contribution in [0.25, 0.3) is 0 Å². The Bertz CT molecular complexity index is 947. The molecule has 2 fully saturated rings. The van der Waals surface area contributed by atoms with Crippen molar-refractivity contribution >= 4 is 11.9 Å². The van der Waals surface area contributed by atoms with E-state index in [9.17, 15) is 4.79 Å². The van der Waals surface area contributed by atoms with Crippen molar-refractivity contribution in [2.24, 2.45) is 5.92 Å². The number of fused-ring (bicyclic) bond motifs is 2. The van der Waals surface area contributed by atoms with Gasteiger partial charge in [-0.1, -0.05) is 36.2 Å². The van der Waals surface area contributed by atoms with Crippen LogP contribution in [0.1, 0.15) is 42.6 Å². The van der Waals surface area contributed by atoms with Gasteiger partial charge in [0.05, 0.1) is 13.2 Å². The van der Waals surface area contributed by atoms with Gasteiger partial charge < -0.3 is 9.15 Å². The van der Waals surface area contributed by atoms with Crippen LogP contribution in [0.15, 0.2) is 45.8 Å². The summed E-state index contributed by atoms with van der Waals surface area (Å²) in [6.07, 6.45) is 8.38. The summed E-state index contributed by atoms with van der Waals surface area (Å²) in [5, 5.41) is 0. The number of nitrogens with zero attached hydrogens (tertiary/aromatic N) is 2. The Kier molecular flexibility index (Phi) is 5.65. The zero-order valence-electron chi connectivity index (χ0n) is 17.6. The quantitative estimate of drug-likeness (QED) is 0.650. The molecule has 1 spiro atoms. The normalized spacial score (nSPS) is 21.5. The molecule has 160 valence electrons. The lowest BCUT2D eigenvalue weighted by molar-refractivity contribution is 0.180. The first-order valence-corrected chi connectivity index (χ1v) is 12.2. The standard InChI is InChI=1S/C24H30N2O3S/c1-30-26-10-6-18(7-11-26)15-29-23-16-28-20(12-22(23)27)14-25-13-19-4-2-3-5-21(19)24(17-25)8-9-24/h2-5,12,16,18H,6-11,13-15,17H2,1H3. The van der Waals surface area contributed by atoms with Crippen LogP contribution in [0, 0.1) is 5.92 Å². The van der Waals surface area contributed by atoms with E-state index >= 15 is 0 Å². The van der Waals surface area contributed by atoms with E-state index in [1.807, 2.05) is 0 Å². The van der Waals surface area contributed by atoms with Crippen LogP contribution < -0.4 is 10.2 Å². The Labute approximate surface area is 182 Å². The Hall–Kier alpha value is -1.76. The molecular formula is C24H30N2O3S. The highest BCUT2D eigenvalue weighted by molar-refractivity contribution is 7.96. The summed E-state index contributed by atoms with van der Waals surface area (Å²) in [4.78, 5) is 15.0. The van der Waals surface area contributed by atoms with E-state index in [0.717, 1.165) is 44.8 Å². The summed E-state index contributed by atoms with van der Waals surface area (Å²) in [7, 11) is 0. The average molecular weight is 427 g/mol. The van der Waals surface area contributed by atoms with E-state index < -0.39 is 0 Å². The summed E-state index contributed by atoms with van der Waals surface area (Å²) in [6, 6.07) is 10.4. The maximum atomic E-state index is 12.6. The maximum Gasteiger partial charge on any atom is 0.227 e. The van der Waals surface area contributed by atoms with Crippen LogP contribution in [0.3, 0.4) is 0 Å². The van der Waals surface area contributed by atoms with Crippen LogP contribution in [0.4, 0.5) is 0 Å². The molecule has 1 aromatic carbocycles. The minimum atomic E-state index is -0.0728. The van der Waals surface area contributed by atoms with Crippen molar-refractivity contribution in [2.75, 3.05) is 32.5 Å². The van der Waals surface area contributed by atoms with Gasteiger partial charge >= 0.3 is 0 Å². The Morgan fingerprint density at radius 1 is 1.23 bits per heavy atom. The summed E-state index contributed by atoms with van der Waals surface area (Å²) >= 11 is 1.80. The van der Waals surface area contributed by atoms with Crippen LogP contribution in [-0.2, 0) is 18.5 Å². The molecule has 5 rings (SSSR count). The molecule has 30 heavy (non-hydrogen) atoms. The number of piperidine rings is 1. The molecule has 0 unspecified atom stereocenters. The summed E-state index contributed by atoms with van der Waals surface area (Å²) < 4.78 is 14.0. The van der Waals surface area contributed by atoms with Crippen molar-refractivity contribution in [3.63, 3.8) is 0 Å². The van der Waals surface area contributed by atoms with Crippen molar-refractivity contribution in [3.8, 4) is 5.75 Å². The lowest BCUT2D eigenvalue weighted by Crippen LogP contribution is -2.37. The molecule has 0 amide bonds. The molecule has 1 aliphatic carbocycles. The number of rotatable bonds is 6. The van der Waals surface area contributed by atoms with E-state index in [2.05, 4.69) is 39.7 Å². The minimum absolute atomic E-state index is 0.0728. The minimum Gasteiger partial charge on any atom is -0.486 e. The van der Waals surface area contributed by atoms with Crippen LogP contribution in [0.2, 0.25) is 0 Å². The lowest BCUT2D eigenvalue weighted by Gasteiger charge is -2.34. The summed E-state index contributed by atoms with van der Waals surface area (Å²) in [5.41, 5.74) is 3.19. The molecule has 2 aliphatic heterocycles. The van der Waals surface area contributed by atoms with Gasteiger partial charge in [-0.05, 0) is 49.0 Å². The fourth-order valence-corrected chi connectivity index (χ4v) is 5.56. The van der Waals surface area contributed by atoms with Gasteiger partial charge in [-0.3, -0.25) is 14.0 Å². The third kappa shape index (κ3) is 4.18. The first-order chi connectivity index (χ1) is 14.6. The van der Waals surface area contributed by atoms with Gasteiger partial charge in [0, 0.05) is 37.7 Å². The molecule has 3 heterocycles. The monoisotopic (exact) mass is 426 g/mol. The molecular weight excluding hydrogens is 396 g/mol. The number of hydrogen-bond donors (Lipinski definition) is 0. The molecule has 3 aliphatic rings. The van der Waals surface area contributed by atoms with Gasteiger partial charge in [-0.15, -0.1) is 0 Å². The smallest absolute Gasteiger partial charge is 0.227 e. The fourth-order valence-electron chi connectivity index (χ4n) is 4.99. The molecule has 5 nitrogen and oxygen atoms in total. The highest BCUT2D eigenvalue weighted by atomic mass is 32.2. The third-order valence-electron chi connectivity index (χ3n) is 6.90. The van der Waals surface area contributed by atoms with Crippen molar-refractivity contribution in [1.82, 2.24) is 9.21 Å². The molecule has 0 bridgehead atoms. The van der Waals surface area contributed by atoms with Gasteiger partial charge in [0.2, 0.25) is 11.2 Å². The average Bonchev–Trinajstić information content (AvgIpc) is 3.53. The first-order valence-electron chi connectivity index (χ1n) is 11.0. The topological polar surface area (TPSA) is 45.9 Å². The predicted octanol–water partition coefficient (Wildman–Crippen LogP) is 4.06. The largest absolute Gasteiger partial charge is 0.486 e. The third-order valence-corrected chi connectivity index (χ3v) is 7.78. The predicted molar refractivity (Wildman–Crippen MR) is 120 cm³/mol. The van der Waals surface area contributed by atoms with Gasteiger partial charge in [0.1, 0.15) is 12.0 Å². The maximum absolute atomic E-state index is 12.6. The van der Waals surface area contributed by atoms with Crippen LogP contribution in [-0.4, -0.2) is 41.7 Å². The van der Waals surface area contributed by atoms with E-state index in [1.54, 1.807) is 18.0 Å². The van der Waals surface area contributed by atoms with Crippen LogP contribution >= 0.6 is 11.9 Å². The summed E-state index contributed by atoms with van der Waals surface area (Å²) in [5.74, 6) is 1.57. The van der Waals surface area contributed by atoms with Crippen molar-refractivity contribution in [2.45, 2.75) is 44.2 Å². The highest BCUT2D eigenvalue weighted by Crippen LogP contribution is 2.52. The van der Waals surface area contributed by atoms with Crippen molar-refractivity contribution in [1.29, 1.82) is 0 Å². The molecule has 1 aromatic heterocycles. The second kappa shape index (κ2) is 8.40. The number of ether oxygens (including phenoxy) is 1. The first kappa shape index (κ1) is 20.2. The van der Waals surface area contributed by atoms with Crippen LogP contribution in [0.5, 0.6) is 5.75 Å². The molecule has 0 atom stereocenters. The van der Waals surface area contributed by atoms with E-state index in [1.165, 1.54) is 30.2 Å². The second-order valence-corrected chi connectivity index (χ2v) is 9.91. The number of benzene rings is 1. The van der Waals surface area contributed by atoms with Gasteiger partial charge in [-0.2, -0.15) is 0 Å². The molecule has 2 aromatic rings. The van der Waals surface area contributed by atoms with Gasteiger partial charge in [0.15, 0.2) is 0 Å². The molecule has 1 saturated heterocycles. The van der Waals surface area contributed by atoms with Gasteiger partial charge in [-0.25, -0.2) is 0 Å². The highest BCUT2D eigenvalue weighted by Gasteiger charge is 2.48. The molecule has 1 saturated carbocycles. The van der Waals surface area contributed by atoms with Gasteiger partial charge in [0.25, 0.3) is 0 Å².